The fraction of sp³-hybridized carbons (Fsp3) is 0.143. The molecule has 0 aliphatic heterocycles. The molecule has 0 saturated carbocycles. The number of halogens is 1. The summed E-state index contributed by atoms with van der Waals surface area (Å²) in [6, 6.07) is 7.01. The molecule has 2 N–H and O–H groups in total. The number of aromatic nitrogens is 2. The molecule has 0 unspecified atom stereocenters. The average Bonchev–Trinajstić information content (AvgIpc) is 2.93. The zero-order valence-corrected chi connectivity index (χ0v) is 11.4. The number of nitrogens with one attached hydrogen (secondary N) is 2. The van der Waals surface area contributed by atoms with Crippen LogP contribution in [-0.2, 0) is 4.79 Å². The van der Waals surface area contributed by atoms with Gasteiger partial charge in [-0.05, 0) is 24.3 Å². The van der Waals surface area contributed by atoms with E-state index in [1.807, 2.05) is 0 Å². The van der Waals surface area contributed by atoms with E-state index in [0.717, 1.165) is 5.69 Å². The van der Waals surface area contributed by atoms with Crippen molar-refractivity contribution in [2.45, 2.75) is 0 Å². The minimum absolute atomic E-state index is 0.134. The van der Waals surface area contributed by atoms with Gasteiger partial charge in [0.05, 0.1) is 24.5 Å². The third-order valence-electron chi connectivity index (χ3n) is 2.50. The summed E-state index contributed by atoms with van der Waals surface area (Å²) in [5, 5.41) is 10.3. The molecular formula is C14H13ClN4O. The summed E-state index contributed by atoms with van der Waals surface area (Å²) >= 11 is 5.97. The van der Waals surface area contributed by atoms with Crippen molar-refractivity contribution >= 4 is 23.2 Å². The Morgan fingerprint density at radius 2 is 2.35 bits per heavy atom. The molecule has 1 aromatic heterocycles. The minimum Gasteiger partial charge on any atom is -0.323 e. The Morgan fingerprint density at radius 1 is 1.50 bits per heavy atom. The first-order valence-electron chi connectivity index (χ1n) is 5.94. The zero-order chi connectivity index (χ0) is 14.4. The van der Waals surface area contributed by atoms with E-state index in [1.165, 1.54) is 0 Å². The number of carbonyl (C=O) groups excluding carboxylic acids is 1. The van der Waals surface area contributed by atoms with E-state index in [2.05, 4.69) is 21.7 Å². The van der Waals surface area contributed by atoms with E-state index < -0.39 is 0 Å². The molecule has 102 valence electrons. The van der Waals surface area contributed by atoms with Crippen LogP contribution in [0.4, 0.5) is 5.69 Å². The molecule has 0 spiro atoms. The summed E-state index contributed by atoms with van der Waals surface area (Å²) in [6.45, 7) is 0.476. The first-order chi connectivity index (χ1) is 9.70. The maximum absolute atomic E-state index is 11.8. The highest BCUT2D eigenvalue weighted by Gasteiger charge is 2.09. The molecule has 1 aromatic carbocycles. The van der Waals surface area contributed by atoms with Crippen LogP contribution in [0, 0.1) is 12.3 Å². The van der Waals surface area contributed by atoms with Gasteiger partial charge in [-0.1, -0.05) is 17.5 Å². The fourth-order valence-corrected chi connectivity index (χ4v) is 1.83. The van der Waals surface area contributed by atoms with Crippen LogP contribution in [-0.4, -0.2) is 28.8 Å². The van der Waals surface area contributed by atoms with Crippen LogP contribution >= 0.6 is 11.6 Å². The number of hydrogen-bond donors (Lipinski definition) is 2. The number of anilines is 1. The van der Waals surface area contributed by atoms with Crippen LogP contribution in [0.25, 0.3) is 5.69 Å². The second kappa shape index (κ2) is 6.75. The lowest BCUT2D eigenvalue weighted by atomic mass is 10.2. The van der Waals surface area contributed by atoms with E-state index in [4.69, 9.17) is 18.0 Å². The van der Waals surface area contributed by atoms with Crippen molar-refractivity contribution in [3.8, 4) is 18.0 Å². The summed E-state index contributed by atoms with van der Waals surface area (Å²) in [7, 11) is 0. The standard InChI is InChI=1S/C14H13ClN4O/c1-2-6-16-10-14(20)18-12-9-11(15)4-5-13(12)19-8-3-7-17-19/h1,3-5,7-9,16H,6,10H2,(H,18,20). The van der Waals surface area contributed by atoms with Crippen LogP contribution in [0.2, 0.25) is 5.02 Å². The highest BCUT2D eigenvalue weighted by molar-refractivity contribution is 6.31. The second-order valence-corrected chi connectivity index (χ2v) is 4.40. The predicted octanol–water partition coefficient (Wildman–Crippen LogP) is 1.69. The van der Waals surface area contributed by atoms with Gasteiger partial charge in [0.15, 0.2) is 0 Å². The predicted molar refractivity (Wildman–Crippen MR) is 78.9 cm³/mol. The zero-order valence-electron chi connectivity index (χ0n) is 10.6. The van der Waals surface area contributed by atoms with E-state index in [1.54, 1.807) is 41.3 Å². The first-order valence-corrected chi connectivity index (χ1v) is 6.32. The highest BCUT2D eigenvalue weighted by atomic mass is 35.5. The number of hydrogen-bond acceptors (Lipinski definition) is 3. The molecule has 0 atom stereocenters. The van der Waals surface area contributed by atoms with E-state index in [0.29, 0.717) is 17.3 Å². The van der Waals surface area contributed by atoms with Crippen LogP contribution in [0.5, 0.6) is 0 Å². The Hall–Kier alpha value is -2.29. The van der Waals surface area contributed by atoms with Gasteiger partial charge in [-0.25, -0.2) is 4.68 Å². The summed E-state index contributed by atoms with van der Waals surface area (Å²) in [5.41, 5.74) is 1.33. The van der Waals surface area contributed by atoms with Gasteiger partial charge in [0, 0.05) is 17.4 Å². The van der Waals surface area contributed by atoms with Gasteiger partial charge < -0.3 is 5.32 Å². The number of benzene rings is 1. The molecule has 0 fully saturated rings. The number of nitrogens with zero attached hydrogens (tertiary/aromatic N) is 2. The third-order valence-corrected chi connectivity index (χ3v) is 2.73. The maximum Gasteiger partial charge on any atom is 0.238 e. The number of carbonyl (C=O) groups is 1. The van der Waals surface area contributed by atoms with Gasteiger partial charge in [0.25, 0.3) is 0 Å². The van der Waals surface area contributed by atoms with Crippen LogP contribution in [0.3, 0.4) is 0 Å². The summed E-state index contributed by atoms with van der Waals surface area (Å²) in [4.78, 5) is 11.8. The lowest BCUT2D eigenvalue weighted by Crippen LogP contribution is -2.28. The smallest absolute Gasteiger partial charge is 0.238 e. The molecule has 1 amide bonds. The van der Waals surface area contributed by atoms with Crippen molar-refractivity contribution in [1.82, 2.24) is 15.1 Å². The molecule has 0 aliphatic carbocycles. The van der Waals surface area contributed by atoms with E-state index in [9.17, 15) is 4.79 Å². The number of rotatable bonds is 5. The van der Waals surface area contributed by atoms with Gasteiger partial charge in [-0.2, -0.15) is 5.10 Å². The Labute approximate surface area is 121 Å². The molecule has 6 heteroatoms. The Kier molecular flexibility index (Phi) is 4.77. The van der Waals surface area contributed by atoms with Crippen molar-refractivity contribution in [3.05, 3.63) is 41.7 Å². The monoisotopic (exact) mass is 288 g/mol. The lowest BCUT2D eigenvalue weighted by Gasteiger charge is -2.11. The van der Waals surface area contributed by atoms with Crippen molar-refractivity contribution in [2.75, 3.05) is 18.4 Å². The molecule has 20 heavy (non-hydrogen) atoms. The largest absolute Gasteiger partial charge is 0.323 e. The normalized spacial score (nSPS) is 10.0. The Morgan fingerprint density at radius 3 is 3.05 bits per heavy atom. The van der Waals surface area contributed by atoms with Crippen molar-refractivity contribution in [1.29, 1.82) is 0 Å². The quantitative estimate of drug-likeness (QED) is 0.650. The third kappa shape index (κ3) is 3.60. The van der Waals surface area contributed by atoms with E-state index in [-0.39, 0.29) is 12.5 Å². The summed E-state index contributed by atoms with van der Waals surface area (Å²) in [5.74, 6) is 2.21. The molecule has 0 saturated heterocycles. The SMILES string of the molecule is C#CCNCC(=O)Nc1cc(Cl)ccc1-n1cccn1. The number of amides is 1. The molecule has 0 aliphatic rings. The molecule has 0 radical (unpaired) electrons. The molecule has 2 rings (SSSR count). The van der Waals surface area contributed by atoms with Crippen LogP contribution < -0.4 is 10.6 Å². The van der Waals surface area contributed by atoms with Gasteiger partial charge in [-0.15, -0.1) is 6.42 Å². The van der Waals surface area contributed by atoms with Crippen molar-refractivity contribution in [3.63, 3.8) is 0 Å². The van der Waals surface area contributed by atoms with Gasteiger partial charge in [0.1, 0.15) is 0 Å². The van der Waals surface area contributed by atoms with Crippen LogP contribution in [0.15, 0.2) is 36.7 Å². The maximum atomic E-state index is 11.8. The van der Waals surface area contributed by atoms with Gasteiger partial charge in [0.2, 0.25) is 5.91 Å². The van der Waals surface area contributed by atoms with Crippen LogP contribution in [0.1, 0.15) is 0 Å². The minimum atomic E-state index is -0.198. The Balaban J connectivity index is 2.16. The van der Waals surface area contributed by atoms with Gasteiger partial charge in [-0.3, -0.25) is 10.1 Å². The molecule has 5 nitrogen and oxygen atoms in total. The Bertz CT molecular complexity index is 631. The number of terminal acetylenes is 1. The lowest BCUT2D eigenvalue weighted by molar-refractivity contribution is -0.115. The second-order valence-electron chi connectivity index (χ2n) is 3.97. The average molecular weight is 289 g/mol. The first kappa shape index (κ1) is 14.1. The molecular weight excluding hydrogens is 276 g/mol. The molecule has 1 heterocycles. The summed E-state index contributed by atoms with van der Waals surface area (Å²) in [6.07, 6.45) is 8.55. The summed E-state index contributed by atoms with van der Waals surface area (Å²) < 4.78 is 1.65. The van der Waals surface area contributed by atoms with E-state index >= 15 is 0 Å². The molecule has 2 aromatic rings. The highest BCUT2D eigenvalue weighted by Crippen LogP contribution is 2.23. The fourth-order valence-electron chi connectivity index (χ4n) is 1.66. The van der Waals surface area contributed by atoms with Crippen molar-refractivity contribution in [2.24, 2.45) is 0 Å². The molecule has 0 bridgehead atoms. The van der Waals surface area contributed by atoms with Gasteiger partial charge >= 0.3 is 0 Å². The topological polar surface area (TPSA) is 59.0 Å². The van der Waals surface area contributed by atoms with Crippen molar-refractivity contribution < 1.29 is 4.79 Å².